The smallest absolute Gasteiger partial charge is 0.237 e. The van der Waals surface area contributed by atoms with Crippen molar-refractivity contribution in [2.45, 2.75) is 35.8 Å². The van der Waals surface area contributed by atoms with Crippen LogP contribution in [-0.4, -0.2) is 16.8 Å². The Morgan fingerprint density at radius 2 is 1.83 bits per heavy atom. The molecule has 30 heavy (non-hydrogen) atoms. The van der Waals surface area contributed by atoms with Crippen molar-refractivity contribution in [3.63, 3.8) is 0 Å². The topological polar surface area (TPSA) is 74.1 Å². The fourth-order valence-electron chi connectivity index (χ4n) is 4.40. The summed E-state index contributed by atoms with van der Waals surface area (Å²) < 4.78 is 1.86. The highest BCUT2D eigenvalue weighted by atomic mass is 32.2. The van der Waals surface area contributed by atoms with Crippen LogP contribution in [0.2, 0.25) is 0 Å². The molecule has 5 rings (SSSR count). The molecular weight excluding hydrogens is 414 g/mol. The van der Waals surface area contributed by atoms with Crippen molar-refractivity contribution in [3.8, 4) is 6.07 Å². The average Bonchev–Trinajstić information content (AvgIpc) is 3.30. The number of nitriles is 1. The third kappa shape index (κ3) is 3.30. The maximum atomic E-state index is 12.9. The van der Waals surface area contributed by atoms with E-state index in [1.54, 1.807) is 23.1 Å². The summed E-state index contributed by atoms with van der Waals surface area (Å²) in [6.45, 7) is 0. The number of amides is 2. The van der Waals surface area contributed by atoms with Crippen LogP contribution < -0.4 is 4.90 Å². The molecule has 1 saturated carbocycles. The van der Waals surface area contributed by atoms with Crippen molar-refractivity contribution in [3.05, 3.63) is 53.6 Å². The molecule has 1 aromatic heterocycles. The molecule has 0 N–H and O–H groups in total. The molecule has 1 aliphatic carbocycles. The van der Waals surface area contributed by atoms with Gasteiger partial charge in [-0.25, -0.2) is 4.98 Å². The largest absolute Gasteiger partial charge is 0.274 e. The predicted molar refractivity (Wildman–Crippen MR) is 118 cm³/mol. The SMILES string of the molecule is N#Cc1ccccc1CSc1nc2ccc(N3C(=O)[C@@H]4CCCC[C@H]4C3=O)cc2s1. The highest BCUT2D eigenvalue weighted by Crippen LogP contribution is 2.41. The molecule has 0 bridgehead atoms. The van der Waals surface area contributed by atoms with Crippen molar-refractivity contribution in [2.75, 3.05) is 4.90 Å². The van der Waals surface area contributed by atoms with E-state index < -0.39 is 0 Å². The molecule has 2 atom stereocenters. The van der Waals surface area contributed by atoms with Crippen LogP contribution in [0.4, 0.5) is 5.69 Å². The number of fused-ring (bicyclic) bond motifs is 2. The lowest BCUT2D eigenvalue weighted by atomic mass is 9.81. The average molecular weight is 434 g/mol. The molecule has 2 amide bonds. The molecule has 2 aliphatic rings. The van der Waals surface area contributed by atoms with E-state index in [0.717, 1.165) is 45.8 Å². The second kappa shape index (κ2) is 7.86. The normalized spacial score (nSPS) is 21.1. The van der Waals surface area contributed by atoms with Crippen LogP contribution in [0.1, 0.15) is 36.8 Å². The first kappa shape index (κ1) is 19.3. The highest BCUT2D eigenvalue weighted by molar-refractivity contribution is 8.00. The van der Waals surface area contributed by atoms with Gasteiger partial charge in [-0.3, -0.25) is 14.5 Å². The van der Waals surface area contributed by atoms with Gasteiger partial charge in [0.05, 0.1) is 39.4 Å². The van der Waals surface area contributed by atoms with E-state index in [0.29, 0.717) is 17.0 Å². The van der Waals surface area contributed by atoms with Crippen molar-refractivity contribution in [1.82, 2.24) is 4.98 Å². The molecule has 0 spiro atoms. The van der Waals surface area contributed by atoms with Gasteiger partial charge in [0, 0.05) is 5.75 Å². The first-order valence-electron chi connectivity index (χ1n) is 10.0. The lowest BCUT2D eigenvalue weighted by molar-refractivity contribution is -0.122. The summed E-state index contributed by atoms with van der Waals surface area (Å²) in [6, 6.07) is 15.4. The zero-order chi connectivity index (χ0) is 20.7. The number of aromatic nitrogens is 1. The Morgan fingerprint density at radius 1 is 1.10 bits per heavy atom. The minimum absolute atomic E-state index is 0.0451. The number of benzene rings is 2. The molecule has 2 fully saturated rings. The van der Waals surface area contributed by atoms with Gasteiger partial charge in [-0.05, 0) is 42.7 Å². The first-order chi connectivity index (χ1) is 14.7. The molecule has 2 aromatic carbocycles. The molecule has 2 heterocycles. The number of thiazole rings is 1. The summed E-state index contributed by atoms with van der Waals surface area (Å²) in [4.78, 5) is 31.8. The number of hydrogen-bond acceptors (Lipinski definition) is 6. The zero-order valence-electron chi connectivity index (χ0n) is 16.2. The third-order valence-electron chi connectivity index (χ3n) is 5.94. The van der Waals surface area contributed by atoms with Crippen LogP contribution in [0, 0.1) is 23.2 Å². The lowest BCUT2D eigenvalue weighted by Crippen LogP contribution is -2.30. The van der Waals surface area contributed by atoms with E-state index in [-0.39, 0.29) is 23.7 Å². The van der Waals surface area contributed by atoms with E-state index in [1.165, 1.54) is 4.90 Å². The minimum Gasteiger partial charge on any atom is -0.274 e. The van der Waals surface area contributed by atoms with Gasteiger partial charge in [0.25, 0.3) is 0 Å². The quantitative estimate of drug-likeness (QED) is 0.421. The monoisotopic (exact) mass is 433 g/mol. The number of hydrogen-bond donors (Lipinski definition) is 0. The summed E-state index contributed by atoms with van der Waals surface area (Å²) in [7, 11) is 0. The Balaban J connectivity index is 1.39. The van der Waals surface area contributed by atoms with Gasteiger partial charge in [0.2, 0.25) is 11.8 Å². The Hall–Kier alpha value is -2.69. The molecule has 150 valence electrons. The first-order valence-corrected chi connectivity index (χ1v) is 11.8. The fraction of sp³-hybridized carbons (Fsp3) is 0.304. The van der Waals surface area contributed by atoms with E-state index in [4.69, 9.17) is 0 Å². The van der Waals surface area contributed by atoms with Gasteiger partial charge in [0.15, 0.2) is 4.34 Å². The van der Waals surface area contributed by atoms with Gasteiger partial charge < -0.3 is 0 Å². The van der Waals surface area contributed by atoms with Crippen LogP contribution in [0.5, 0.6) is 0 Å². The number of imide groups is 1. The van der Waals surface area contributed by atoms with Crippen LogP contribution in [0.15, 0.2) is 46.8 Å². The summed E-state index contributed by atoms with van der Waals surface area (Å²) in [5.41, 5.74) is 3.18. The Kier molecular flexibility index (Phi) is 5.05. The molecule has 0 unspecified atom stereocenters. The van der Waals surface area contributed by atoms with Crippen molar-refractivity contribution in [2.24, 2.45) is 11.8 Å². The number of nitrogens with zero attached hydrogens (tertiary/aromatic N) is 3. The number of rotatable bonds is 4. The molecule has 1 saturated heterocycles. The van der Waals surface area contributed by atoms with Gasteiger partial charge >= 0.3 is 0 Å². The second-order valence-corrected chi connectivity index (χ2v) is 9.95. The van der Waals surface area contributed by atoms with Crippen molar-refractivity contribution < 1.29 is 9.59 Å². The summed E-state index contributed by atoms with van der Waals surface area (Å²) >= 11 is 3.14. The number of carbonyl (C=O) groups is 2. The van der Waals surface area contributed by atoms with Crippen molar-refractivity contribution >= 4 is 50.8 Å². The van der Waals surface area contributed by atoms with Crippen LogP contribution in [0.3, 0.4) is 0 Å². The van der Waals surface area contributed by atoms with E-state index in [9.17, 15) is 14.9 Å². The predicted octanol–water partition coefficient (Wildman–Crippen LogP) is 5.14. The summed E-state index contributed by atoms with van der Waals surface area (Å²) in [6.07, 6.45) is 3.69. The fourth-order valence-corrected chi connectivity index (χ4v) is 6.51. The molecule has 0 radical (unpaired) electrons. The van der Waals surface area contributed by atoms with Gasteiger partial charge in [-0.15, -0.1) is 11.3 Å². The van der Waals surface area contributed by atoms with E-state index in [1.807, 2.05) is 42.5 Å². The zero-order valence-corrected chi connectivity index (χ0v) is 17.8. The number of anilines is 1. The Bertz CT molecular complexity index is 1170. The maximum Gasteiger partial charge on any atom is 0.237 e. The van der Waals surface area contributed by atoms with E-state index in [2.05, 4.69) is 11.1 Å². The molecule has 1 aliphatic heterocycles. The van der Waals surface area contributed by atoms with E-state index >= 15 is 0 Å². The molecule has 5 nitrogen and oxygen atoms in total. The Morgan fingerprint density at radius 3 is 2.57 bits per heavy atom. The Labute approximate surface area is 182 Å². The maximum absolute atomic E-state index is 12.9. The van der Waals surface area contributed by atoms with Gasteiger partial charge in [-0.1, -0.05) is 42.8 Å². The number of thioether (sulfide) groups is 1. The molecule has 7 heteroatoms. The minimum atomic E-state index is -0.144. The molecule has 3 aromatic rings. The van der Waals surface area contributed by atoms with Gasteiger partial charge in [0.1, 0.15) is 0 Å². The third-order valence-corrected chi connectivity index (χ3v) is 8.15. The van der Waals surface area contributed by atoms with Crippen LogP contribution >= 0.6 is 23.1 Å². The number of carbonyl (C=O) groups excluding carboxylic acids is 2. The van der Waals surface area contributed by atoms with Gasteiger partial charge in [-0.2, -0.15) is 5.26 Å². The van der Waals surface area contributed by atoms with Crippen LogP contribution in [0.25, 0.3) is 10.2 Å². The standard InChI is InChI=1S/C23H19N3O2S2/c24-12-14-5-1-2-6-15(14)13-29-23-25-19-10-9-16(11-20(19)30-23)26-21(27)17-7-3-4-8-18(17)22(26)28/h1-2,5-6,9-11,17-18H,3-4,7-8,13H2/t17-,18-/m1/s1. The lowest BCUT2D eigenvalue weighted by Gasteiger charge is -2.19. The second-order valence-electron chi connectivity index (χ2n) is 7.70. The summed E-state index contributed by atoms with van der Waals surface area (Å²) in [5, 5.41) is 9.25. The molecular formula is C23H19N3O2S2. The highest BCUT2D eigenvalue weighted by Gasteiger charge is 2.48. The van der Waals surface area contributed by atoms with Crippen LogP contribution in [-0.2, 0) is 15.3 Å². The van der Waals surface area contributed by atoms with Crippen molar-refractivity contribution in [1.29, 1.82) is 5.26 Å². The summed E-state index contributed by atoms with van der Waals surface area (Å²) in [5.74, 6) is 0.292.